The summed E-state index contributed by atoms with van der Waals surface area (Å²) >= 11 is 0. The van der Waals surface area contributed by atoms with Gasteiger partial charge in [-0.1, -0.05) is 13.0 Å². The average molecular weight is 275 g/mol. The monoisotopic (exact) mass is 275 g/mol. The molecule has 3 nitrogen and oxygen atoms in total. The van der Waals surface area contributed by atoms with Gasteiger partial charge in [0, 0.05) is 19.1 Å². The summed E-state index contributed by atoms with van der Waals surface area (Å²) in [4.78, 5) is 2.42. The van der Waals surface area contributed by atoms with Crippen LogP contribution in [0, 0.1) is 17.1 Å². The van der Waals surface area contributed by atoms with Crippen molar-refractivity contribution in [3.63, 3.8) is 0 Å². The minimum Gasteiger partial charge on any atom is -0.315 e. The van der Waals surface area contributed by atoms with Crippen LogP contribution in [0.3, 0.4) is 0 Å². The lowest BCUT2D eigenvalue weighted by molar-refractivity contribution is 0.158. The molecular formula is C16H22FN3. The Morgan fingerprint density at radius 1 is 1.50 bits per heavy atom. The Bertz CT molecular complexity index is 475. The fourth-order valence-electron chi connectivity index (χ4n) is 2.83. The number of hydrogen-bond acceptors (Lipinski definition) is 3. The largest absolute Gasteiger partial charge is 0.315 e. The number of nitrogens with zero attached hydrogens (tertiary/aromatic N) is 2. The number of piperidine rings is 1. The van der Waals surface area contributed by atoms with E-state index in [2.05, 4.69) is 23.2 Å². The van der Waals surface area contributed by atoms with Gasteiger partial charge in [-0.3, -0.25) is 4.90 Å². The number of benzene rings is 1. The Morgan fingerprint density at radius 3 is 3.00 bits per heavy atom. The lowest BCUT2D eigenvalue weighted by atomic mass is 10.0. The smallest absolute Gasteiger partial charge is 0.124 e. The zero-order valence-corrected chi connectivity index (χ0v) is 12.0. The molecule has 2 rings (SSSR count). The molecule has 0 saturated carbocycles. The van der Waals surface area contributed by atoms with Crippen LogP contribution in [-0.2, 0) is 6.54 Å². The highest BCUT2D eigenvalue weighted by atomic mass is 19.1. The molecule has 0 spiro atoms. The Labute approximate surface area is 120 Å². The predicted molar refractivity (Wildman–Crippen MR) is 77.7 cm³/mol. The molecule has 4 heteroatoms. The second-order valence-electron chi connectivity index (χ2n) is 5.38. The maximum atomic E-state index is 13.2. The van der Waals surface area contributed by atoms with Gasteiger partial charge in [-0.15, -0.1) is 0 Å². The third-order valence-electron chi connectivity index (χ3n) is 3.86. The summed E-state index contributed by atoms with van der Waals surface area (Å²) in [5.41, 5.74) is 1.38. The van der Waals surface area contributed by atoms with Crippen LogP contribution in [0.4, 0.5) is 4.39 Å². The first-order valence-electron chi connectivity index (χ1n) is 7.38. The fourth-order valence-corrected chi connectivity index (χ4v) is 2.83. The first kappa shape index (κ1) is 15.0. The van der Waals surface area contributed by atoms with E-state index in [1.165, 1.54) is 25.0 Å². The first-order valence-corrected chi connectivity index (χ1v) is 7.38. The van der Waals surface area contributed by atoms with E-state index < -0.39 is 0 Å². The van der Waals surface area contributed by atoms with E-state index in [4.69, 9.17) is 5.26 Å². The van der Waals surface area contributed by atoms with Gasteiger partial charge in [0.1, 0.15) is 5.82 Å². The maximum Gasteiger partial charge on any atom is 0.124 e. The summed E-state index contributed by atoms with van der Waals surface area (Å²) in [5, 5.41) is 12.6. The van der Waals surface area contributed by atoms with Crippen LogP contribution in [-0.4, -0.2) is 30.6 Å². The summed E-state index contributed by atoms with van der Waals surface area (Å²) in [6, 6.07) is 7.14. The molecule has 0 bridgehead atoms. The molecule has 1 aromatic carbocycles. The summed E-state index contributed by atoms with van der Waals surface area (Å²) in [6.45, 7) is 6.00. The third kappa shape index (κ3) is 3.78. The maximum absolute atomic E-state index is 13.2. The molecular weight excluding hydrogens is 253 g/mol. The lowest BCUT2D eigenvalue weighted by Crippen LogP contribution is -2.46. The van der Waals surface area contributed by atoms with Crippen LogP contribution in [0.1, 0.15) is 37.3 Å². The molecule has 108 valence electrons. The van der Waals surface area contributed by atoms with E-state index in [1.807, 2.05) is 0 Å². The Hall–Kier alpha value is -1.44. The molecule has 1 atom stereocenters. The van der Waals surface area contributed by atoms with Gasteiger partial charge in [-0.2, -0.15) is 5.26 Å². The molecule has 1 aliphatic rings. The van der Waals surface area contributed by atoms with Gasteiger partial charge in [-0.25, -0.2) is 4.39 Å². The van der Waals surface area contributed by atoms with Crippen molar-refractivity contribution in [2.45, 2.75) is 38.8 Å². The van der Waals surface area contributed by atoms with Crippen LogP contribution in [0.5, 0.6) is 0 Å². The number of nitrogens with one attached hydrogen (secondary N) is 1. The number of halogens is 1. The molecule has 1 aromatic rings. The van der Waals surface area contributed by atoms with E-state index in [9.17, 15) is 4.39 Å². The van der Waals surface area contributed by atoms with Gasteiger partial charge in [0.2, 0.25) is 0 Å². The van der Waals surface area contributed by atoms with Crippen molar-refractivity contribution in [2.75, 3.05) is 19.6 Å². The highest BCUT2D eigenvalue weighted by Gasteiger charge is 2.21. The topological polar surface area (TPSA) is 39.1 Å². The van der Waals surface area contributed by atoms with Crippen molar-refractivity contribution in [2.24, 2.45) is 0 Å². The van der Waals surface area contributed by atoms with E-state index in [0.29, 0.717) is 11.6 Å². The molecule has 1 saturated heterocycles. The number of nitriles is 1. The van der Waals surface area contributed by atoms with Gasteiger partial charge < -0.3 is 5.32 Å². The lowest BCUT2D eigenvalue weighted by Gasteiger charge is -2.34. The van der Waals surface area contributed by atoms with Gasteiger partial charge in [-0.05, 0) is 50.0 Å². The normalized spacial score (nSPS) is 19.0. The SMILES string of the molecule is CCCN(Cc1ccc(F)cc1C#N)C1CCCNC1. The van der Waals surface area contributed by atoms with Crippen LogP contribution < -0.4 is 5.32 Å². The van der Waals surface area contributed by atoms with Crippen molar-refractivity contribution >= 4 is 0 Å². The third-order valence-corrected chi connectivity index (χ3v) is 3.86. The Balaban J connectivity index is 2.13. The van der Waals surface area contributed by atoms with Crippen molar-refractivity contribution in [3.8, 4) is 6.07 Å². The highest BCUT2D eigenvalue weighted by molar-refractivity contribution is 5.37. The van der Waals surface area contributed by atoms with E-state index in [1.54, 1.807) is 6.07 Å². The Morgan fingerprint density at radius 2 is 2.35 bits per heavy atom. The molecule has 1 N–H and O–H groups in total. The second-order valence-corrected chi connectivity index (χ2v) is 5.38. The second kappa shape index (κ2) is 7.37. The zero-order valence-electron chi connectivity index (χ0n) is 12.0. The van der Waals surface area contributed by atoms with E-state index in [-0.39, 0.29) is 5.82 Å². The highest BCUT2D eigenvalue weighted by Crippen LogP contribution is 2.18. The fraction of sp³-hybridized carbons (Fsp3) is 0.562. The van der Waals surface area contributed by atoms with Gasteiger partial charge in [0.25, 0.3) is 0 Å². The number of hydrogen-bond donors (Lipinski definition) is 1. The van der Waals surface area contributed by atoms with E-state index in [0.717, 1.165) is 38.2 Å². The quantitative estimate of drug-likeness (QED) is 0.898. The molecule has 0 aromatic heterocycles. The molecule has 1 unspecified atom stereocenters. The van der Waals surface area contributed by atoms with E-state index >= 15 is 0 Å². The molecule has 20 heavy (non-hydrogen) atoms. The first-order chi connectivity index (χ1) is 9.74. The molecule has 0 aliphatic carbocycles. The van der Waals surface area contributed by atoms with Gasteiger partial charge in [0.15, 0.2) is 0 Å². The van der Waals surface area contributed by atoms with Crippen LogP contribution in [0.15, 0.2) is 18.2 Å². The van der Waals surface area contributed by atoms with Crippen LogP contribution in [0.25, 0.3) is 0 Å². The van der Waals surface area contributed by atoms with Gasteiger partial charge >= 0.3 is 0 Å². The molecule has 1 aliphatic heterocycles. The molecule has 1 heterocycles. The summed E-state index contributed by atoms with van der Waals surface area (Å²) in [6.07, 6.45) is 3.47. The molecule has 1 fully saturated rings. The molecule has 0 amide bonds. The van der Waals surface area contributed by atoms with Crippen LogP contribution >= 0.6 is 0 Å². The minimum atomic E-state index is -0.341. The van der Waals surface area contributed by atoms with Crippen molar-refractivity contribution in [1.82, 2.24) is 10.2 Å². The van der Waals surface area contributed by atoms with Crippen molar-refractivity contribution in [3.05, 3.63) is 35.1 Å². The minimum absolute atomic E-state index is 0.341. The van der Waals surface area contributed by atoms with Crippen molar-refractivity contribution in [1.29, 1.82) is 5.26 Å². The summed E-state index contributed by atoms with van der Waals surface area (Å²) < 4.78 is 13.2. The average Bonchev–Trinajstić information content (AvgIpc) is 2.49. The van der Waals surface area contributed by atoms with Gasteiger partial charge in [0.05, 0.1) is 11.6 Å². The Kier molecular flexibility index (Phi) is 5.51. The van der Waals surface area contributed by atoms with Crippen LogP contribution in [0.2, 0.25) is 0 Å². The van der Waals surface area contributed by atoms with Crippen molar-refractivity contribution < 1.29 is 4.39 Å². The summed E-state index contributed by atoms with van der Waals surface area (Å²) in [5.74, 6) is -0.341. The standard InChI is InChI=1S/C16H22FN3/c1-2-8-20(16-4-3-7-19-11-16)12-13-5-6-15(17)9-14(13)10-18/h5-6,9,16,19H,2-4,7-8,11-12H2,1H3. The zero-order chi connectivity index (χ0) is 14.4. The number of rotatable bonds is 5. The molecule has 0 radical (unpaired) electrons. The summed E-state index contributed by atoms with van der Waals surface area (Å²) in [7, 11) is 0. The predicted octanol–water partition coefficient (Wildman–Crippen LogP) is 2.66.